The number of aryl methyl sites for hydroxylation is 1. The van der Waals surface area contributed by atoms with Crippen LogP contribution >= 0.6 is 0 Å². The second-order valence-electron chi connectivity index (χ2n) is 5.35. The molecule has 0 unspecified atom stereocenters. The zero-order valence-electron chi connectivity index (χ0n) is 11.8. The molecule has 1 fully saturated rings. The van der Waals surface area contributed by atoms with Crippen molar-refractivity contribution in [3.63, 3.8) is 0 Å². The van der Waals surface area contributed by atoms with Gasteiger partial charge < -0.3 is 5.32 Å². The number of aromatic nitrogens is 3. The van der Waals surface area contributed by atoms with E-state index in [1.54, 1.807) is 0 Å². The minimum absolute atomic E-state index is 0.710. The first-order valence-corrected chi connectivity index (χ1v) is 6.87. The van der Waals surface area contributed by atoms with Gasteiger partial charge in [0.15, 0.2) is 5.82 Å². The normalized spacial score (nSPS) is 14.9. The quantitative estimate of drug-likeness (QED) is 0.913. The molecule has 0 radical (unpaired) electrons. The summed E-state index contributed by atoms with van der Waals surface area (Å²) in [6, 6.07) is 6.84. The molecule has 2 aromatic rings. The van der Waals surface area contributed by atoms with E-state index in [9.17, 15) is 0 Å². The number of hydrogen-bond acceptors (Lipinski definition) is 3. The van der Waals surface area contributed by atoms with Crippen LogP contribution in [0.15, 0.2) is 18.2 Å². The Labute approximate surface area is 113 Å². The average Bonchev–Trinajstić information content (AvgIpc) is 3.21. The Balaban J connectivity index is 1.86. The molecule has 0 saturated heterocycles. The molecule has 4 heteroatoms. The summed E-state index contributed by atoms with van der Waals surface area (Å²) < 4.78 is 1.94. The molecule has 19 heavy (non-hydrogen) atoms. The van der Waals surface area contributed by atoms with Gasteiger partial charge in [0.1, 0.15) is 0 Å². The summed E-state index contributed by atoms with van der Waals surface area (Å²) in [5.41, 5.74) is 4.55. The van der Waals surface area contributed by atoms with E-state index in [0.717, 1.165) is 29.4 Å². The van der Waals surface area contributed by atoms with Crippen LogP contribution in [-0.4, -0.2) is 20.8 Å². The van der Waals surface area contributed by atoms with E-state index in [1.807, 2.05) is 17.7 Å². The lowest BCUT2D eigenvalue weighted by Gasteiger charge is -2.07. The van der Waals surface area contributed by atoms with Gasteiger partial charge in [-0.2, -0.15) is 5.10 Å². The first kappa shape index (κ1) is 12.4. The van der Waals surface area contributed by atoms with E-state index in [-0.39, 0.29) is 0 Å². The lowest BCUT2D eigenvalue weighted by molar-refractivity contribution is 0.669. The molecule has 2 heterocycles. The third-order valence-electron chi connectivity index (χ3n) is 3.81. The minimum Gasteiger partial charge on any atom is -0.308 e. The molecule has 3 rings (SSSR count). The molecule has 0 aliphatic heterocycles. The maximum Gasteiger partial charge on any atom is 0.153 e. The summed E-state index contributed by atoms with van der Waals surface area (Å²) in [6.07, 6.45) is 2.60. The van der Waals surface area contributed by atoms with Crippen LogP contribution in [0, 0.1) is 20.8 Å². The van der Waals surface area contributed by atoms with E-state index in [4.69, 9.17) is 4.98 Å². The molecule has 1 aliphatic rings. The Kier molecular flexibility index (Phi) is 3.11. The summed E-state index contributed by atoms with van der Waals surface area (Å²) >= 11 is 0. The second-order valence-corrected chi connectivity index (χ2v) is 5.35. The minimum atomic E-state index is 0.710. The maximum absolute atomic E-state index is 4.70. The molecule has 0 amide bonds. The van der Waals surface area contributed by atoms with E-state index in [2.05, 4.69) is 36.4 Å². The van der Waals surface area contributed by atoms with Gasteiger partial charge in [-0.05, 0) is 51.3 Å². The van der Waals surface area contributed by atoms with Crippen molar-refractivity contribution in [1.29, 1.82) is 0 Å². The van der Waals surface area contributed by atoms with Crippen molar-refractivity contribution in [3.05, 3.63) is 40.8 Å². The van der Waals surface area contributed by atoms with Gasteiger partial charge >= 0.3 is 0 Å². The van der Waals surface area contributed by atoms with E-state index in [0.29, 0.717) is 6.04 Å². The highest BCUT2D eigenvalue weighted by Crippen LogP contribution is 2.19. The van der Waals surface area contributed by atoms with Crippen molar-refractivity contribution >= 4 is 0 Å². The molecular formula is C15H20N4. The van der Waals surface area contributed by atoms with Gasteiger partial charge in [0, 0.05) is 18.3 Å². The molecule has 0 bridgehead atoms. The zero-order chi connectivity index (χ0) is 13.4. The highest BCUT2D eigenvalue weighted by atomic mass is 15.3. The predicted octanol–water partition coefficient (Wildman–Crippen LogP) is 2.44. The molecule has 1 aliphatic carbocycles. The largest absolute Gasteiger partial charge is 0.308 e. The molecule has 1 N–H and O–H groups in total. The predicted molar refractivity (Wildman–Crippen MR) is 75.4 cm³/mol. The smallest absolute Gasteiger partial charge is 0.153 e. The standard InChI is InChI=1S/C15H20N4/c1-10-11(2)18-19(12(10)3)15-6-4-5-14(17-15)9-16-13-7-8-13/h4-6,13,16H,7-9H2,1-3H3. The zero-order valence-corrected chi connectivity index (χ0v) is 11.8. The van der Waals surface area contributed by atoms with E-state index >= 15 is 0 Å². The van der Waals surface area contributed by atoms with Gasteiger partial charge in [0.05, 0.1) is 11.4 Å². The first-order valence-electron chi connectivity index (χ1n) is 6.87. The lowest BCUT2D eigenvalue weighted by Crippen LogP contribution is -2.16. The number of nitrogens with one attached hydrogen (secondary N) is 1. The summed E-state index contributed by atoms with van der Waals surface area (Å²) in [7, 11) is 0. The molecule has 100 valence electrons. The molecule has 0 atom stereocenters. The Hall–Kier alpha value is -1.68. The number of nitrogens with zero attached hydrogens (tertiary/aromatic N) is 3. The highest BCUT2D eigenvalue weighted by Gasteiger charge is 2.20. The maximum atomic E-state index is 4.70. The van der Waals surface area contributed by atoms with Crippen LogP contribution in [0.5, 0.6) is 0 Å². The third kappa shape index (κ3) is 2.54. The van der Waals surface area contributed by atoms with Gasteiger partial charge in [-0.15, -0.1) is 0 Å². The van der Waals surface area contributed by atoms with Crippen molar-refractivity contribution in [3.8, 4) is 5.82 Å². The van der Waals surface area contributed by atoms with Crippen molar-refractivity contribution in [2.75, 3.05) is 0 Å². The van der Waals surface area contributed by atoms with Crippen LogP contribution in [0.4, 0.5) is 0 Å². The monoisotopic (exact) mass is 256 g/mol. The van der Waals surface area contributed by atoms with Crippen LogP contribution in [0.3, 0.4) is 0 Å². The Morgan fingerprint density at radius 1 is 1.26 bits per heavy atom. The summed E-state index contributed by atoms with van der Waals surface area (Å²) in [5, 5.41) is 8.05. The number of pyridine rings is 1. The van der Waals surface area contributed by atoms with Crippen molar-refractivity contribution in [1.82, 2.24) is 20.1 Å². The first-order chi connectivity index (χ1) is 9.15. The summed E-state index contributed by atoms with van der Waals surface area (Å²) in [6.45, 7) is 7.08. The molecule has 2 aromatic heterocycles. The fraction of sp³-hybridized carbons (Fsp3) is 0.467. The Morgan fingerprint density at radius 2 is 2.05 bits per heavy atom. The van der Waals surface area contributed by atoms with Crippen LogP contribution in [-0.2, 0) is 6.54 Å². The van der Waals surface area contributed by atoms with E-state index in [1.165, 1.54) is 18.4 Å². The summed E-state index contributed by atoms with van der Waals surface area (Å²) in [4.78, 5) is 4.70. The second kappa shape index (κ2) is 4.78. The summed E-state index contributed by atoms with van der Waals surface area (Å²) in [5.74, 6) is 0.906. The molecule has 4 nitrogen and oxygen atoms in total. The van der Waals surface area contributed by atoms with Crippen molar-refractivity contribution in [2.24, 2.45) is 0 Å². The highest BCUT2D eigenvalue weighted by molar-refractivity contribution is 5.32. The van der Waals surface area contributed by atoms with Crippen LogP contribution in [0.25, 0.3) is 5.82 Å². The lowest BCUT2D eigenvalue weighted by atomic mass is 10.2. The molecule has 1 saturated carbocycles. The fourth-order valence-corrected chi connectivity index (χ4v) is 2.16. The van der Waals surface area contributed by atoms with Crippen molar-refractivity contribution in [2.45, 2.75) is 46.2 Å². The van der Waals surface area contributed by atoms with Crippen LogP contribution in [0.1, 0.15) is 35.5 Å². The molecular weight excluding hydrogens is 236 g/mol. The molecule has 0 spiro atoms. The van der Waals surface area contributed by atoms with Gasteiger partial charge in [-0.1, -0.05) is 6.07 Å². The topological polar surface area (TPSA) is 42.7 Å². The average molecular weight is 256 g/mol. The number of rotatable bonds is 4. The fourth-order valence-electron chi connectivity index (χ4n) is 2.16. The van der Waals surface area contributed by atoms with Crippen LogP contribution < -0.4 is 5.32 Å². The van der Waals surface area contributed by atoms with Gasteiger partial charge in [0.25, 0.3) is 0 Å². The van der Waals surface area contributed by atoms with E-state index < -0.39 is 0 Å². The van der Waals surface area contributed by atoms with Gasteiger partial charge in [-0.3, -0.25) is 0 Å². The Bertz CT molecular complexity index is 596. The Morgan fingerprint density at radius 3 is 2.68 bits per heavy atom. The number of hydrogen-bond donors (Lipinski definition) is 1. The van der Waals surface area contributed by atoms with Crippen molar-refractivity contribution < 1.29 is 0 Å². The SMILES string of the molecule is Cc1nn(-c2cccc(CNC3CC3)n2)c(C)c1C. The third-order valence-corrected chi connectivity index (χ3v) is 3.81. The van der Waals surface area contributed by atoms with Gasteiger partial charge in [-0.25, -0.2) is 9.67 Å². The molecule has 0 aromatic carbocycles. The van der Waals surface area contributed by atoms with Gasteiger partial charge in [0.2, 0.25) is 0 Å². The van der Waals surface area contributed by atoms with Crippen LogP contribution in [0.2, 0.25) is 0 Å².